The molecule has 92 valence electrons. The highest BCUT2D eigenvalue weighted by Gasteiger charge is 2.07. The Kier molecular flexibility index (Phi) is 5.40. The molecule has 0 atom stereocenters. The van der Waals surface area contributed by atoms with Gasteiger partial charge >= 0.3 is 0 Å². The van der Waals surface area contributed by atoms with Crippen LogP contribution in [0.4, 0.5) is 4.39 Å². The first-order valence-corrected chi connectivity index (χ1v) is 5.71. The molecule has 0 heterocycles. The number of ketones is 1. The molecule has 3 heteroatoms. The molecule has 0 saturated heterocycles. The van der Waals surface area contributed by atoms with Gasteiger partial charge in [-0.15, -0.1) is 0 Å². The minimum atomic E-state index is -0.677. The van der Waals surface area contributed by atoms with Crippen LogP contribution in [0.2, 0.25) is 0 Å². The normalized spacial score (nSPS) is 11.4. The van der Waals surface area contributed by atoms with Crippen molar-refractivity contribution in [2.24, 2.45) is 0 Å². The zero-order chi connectivity index (χ0) is 12.7. The van der Waals surface area contributed by atoms with E-state index in [0.29, 0.717) is 11.3 Å². The molecule has 2 nitrogen and oxygen atoms in total. The predicted octanol–water partition coefficient (Wildman–Crippen LogP) is 3.76. The molecule has 1 aromatic carbocycles. The van der Waals surface area contributed by atoms with Crippen LogP contribution in [0.25, 0.3) is 6.08 Å². The van der Waals surface area contributed by atoms with Gasteiger partial charge in [-0.3, -0.25) is 4.79 Å². The molecule has 17 heavy (non-hydrogen) atoms. The number of hydrogen-bond acceptors (Lipinski definition) is 2. The molecule has 0 bridgehead atoms. The molecule has 0 fully saturated rings. The van der Waals surface area contributed by atoms with E-state index in [2.05, 4.69) is 0 Å². The summed E-state index contributed by atoms with van der Waals surface area (Å²) in [5.41, 5.74) is 0.660. The fourth-order valence-corrected chi connectivity index (χ4v) is 1.38. The van der Waals surface area contributed by atoms with Crippen molar-refractivity contribution < 1.29 is 13.9 Å². The lowest BCUT2D eigenvalue weighted by atomic mass is 10.1. The summed E-state index contributed by atoms with van der Waals surface area (Å²) in [5.74, 6) is -0.397. The van der Waals surface area contributed by atoms with Gasteiger partial charge in [0.05, 0.1) is 7.11 Å². The summed E-state index contributed by atoms with van der Waals surface area (Å²) in [5, 5.41) is 0. The van der Waals surface area contributed by atoms with E-state index < -0.39 is 11.6 Å². The number of hydrogen-bond donors (Lipinski definition) is 0. The van der Waals surface area contributed by atoms with Crippen LogP contribution in [0.15, 0.2) is 30.1 Å². The molecule has 0 N–H and O–H groups in total. The number of Topliss-reactive ketones (excluding diaryl/α,β-unsaturated/α-hetero) is 1. The number of benzene rings is 1. The molecule has 0 aliphatic rings. The molecule has 0 spiro atoms. The second-order valence-corrected chi connectivity index (χ2v) is 3.79. The van der Waals surface area contributed by atoms with Crippen LogP contribution in [0.1, 0.15) is 31.7 Å². The summed E-state index contributed by atoms with van der Waals surface area (Å²) in [6, 6.07) is 6.89. The van der Waals surface area contributed by atoms with Gasteiger partial charge in [-0.2, -0.15) is 0 Å². The van der Waals surface area contributed by atoms with E-state index in [1.54, 1.807) is 31.4 Å². The minimum Gasteiger partial charge on any atom is -0.497 e. The third-order valence-electron chi connectivity index (χ3n) is 2.43. The Labute approximate surface area is 101 Å². The van der Waals surface area contributed by atoms with Crippen molar-refractivity contribution in [1.29, 1.82) is 0 Å². The number of halogens is 1. The van der Waals surface area contributed by atoms with Gasteiger partial charge < -0.3 is 4.74 Å². The average molecular weight is 236 g/mol. The van der Waals surface area contributed by atoms with E-state index in [4.69, 9.17) is 4.74 Å². The molecule has 0 unspecified atom stereocenters. The molecular weight excluding hydrogens is 219 g/mol. The standard InChI is InChI=1S/C14H17FO2/c1-3-4-5-14(16)13(15)10-11-6-8-12(17-2)9-7-11/h6-10H,3-5H2,1-2H3/b13-10-. The first kappa shape index (κ1) is 13.4. The Bertz CT molecular complexity index is 393. The molecule has 0 aliphatic heterocycles. The van der Waals surface area contributed by atoms with Gasteiger partial charge in [0.2, 0.25) is 0 Å². The van der Waals surface area contributed by atoms with Gasteiger partial charge in [-0.25, -0.2) is 4.39 Å². The average Bonchev–Trinajstić information content (AvgIpc) is 2.36. The van der Waals surface area contributed by atoms with Gasteiger partial charge in [0, 0.05) is 6.42 Å². The van der Waals surface area contributed by atoms with E-state index in [9.17, 15) is 9.18 Å². The lowest BCUT2D eigenvalue weighted by Gasteiger charge is -2.00. The summed E-state index contributed by atoms with van der Waals surface area (Å²) in [6.45, 7) is 1.97. The molecule has 0 aromatic heterocycles. The van der Waals surface area contributed by atoms with Crippen molar-refractivity contribution in [3.05, 3.63) is 35.7 Å². The number of carbonyl (C=O) groups excluding carboxylic acids is 1. The maximum absolute atomic E-state index is 13.5. The van der Waals surface area contributed by atoms with Crippen LogP contribution in [0.5, 0.6) is 5.75 Å². The number of unbranched alkanes of at least 4 members (excludes halogenated alkanes) is 1. The van der Waals surface area contributed by atoms with Crippen molar-refractivity contribution in [2.75, 3.05) is 7.11 Å². The van der Waals surface area contributed by atoms with Crippen LogP contribution in [0, 0.1) is 0 Å². The maximum Gasteiger partial charge on any atom is 0.191 e. The quantitative estimate of drug-likeness (QED) is 0.703. The van der Waals surface area contributed by atoms with Gasteiger partial charge in [0.15, 0.2) is 11.6 Å². The highest BCUT2D eigenvalue weighted by molar-refractivity contribution is 5.97. The van der Waals surface area contributed by atoms with Crippen LogP contribution in [-0.2, 0) is 4.79 Å². The Morgan fingerprint density at radius 1 is 1.35 bits per heavy atom. The van der Waals surface area contributed by atoms with Crippen LogP contribution < -0.4 is 4.74 Å². The topological polar surface area (TPSA) is 26.3 Å². The third-order valence-corrected chi connectivity index (χ3v) is 2.43. The molecular formula is C14H17FO2. The first-order valence-electron chi connectivity index (χ1n) is 5.71. The largest absolute Gasteiger partial charge is 0.497 e. The molecule has 0 radical (unpaired) electrons. The van der Waals surface area contributed by atoms with E-state index in [1.807, 2.05) is 6.92 Å². The highest BCUT2D eigenvalue weighted by atomic mass is 19.1. The Morgan fingerprint density at radius 2 is 2.00 bits per heavy atom. The van der Waals surface area contributed by atoms with Crippen molar-refractivity contribution in [3.63, 3.8) is 0 Å². The Morgan fingerprint density at radius 3 is 2.53 bits per heavy atom. The fraction of sp³-hybridized carbons (Fsp3) is 0.357. The molecule has 1 aromatic rings. The molecule has 1 rings (SSSR count). The summed E-state index contributed by atoms with van der Waals surface area (Å²) < 4.78 is 18.5. The summed E-state index contributed by atoms with van der Waals surface area (Å²) in [7, 11) is 1.57. The van der Waals surface area contributed by atoms with Crippen molar-refractivity contribution in [3.8, 4) is 5.75 Å². The summed E-state index contributed by atoms with van der Waals surface area (Å²) >= 11 is 0. The van der Waals surface area contributed by atoms with Gasteiger partial charge in [-0.1, -0.05) is 25.5 Å². The number of rotatable bonds is 6. The van der Waals surface area contributed by atoms with Crippen molar-refractivity contribution in [2.45, 2.75) is 26.2 Å². The molecule has 0 amide bonds. The maximum atomic E-state index is 13.5. The Balaban J connectivity index is 2.69. The van der Waals surface area contributed by atoms with E-state index in [1.165, 1.54) is 6.08 Å². The second-order valence-electron chi connectivity index (χ2n) is 3.79. The smallest absolute Gasteiger partial charge is 0.191 e. The summed E-state index contributed by atoms with van der Waals surface area (Å²) in [4.78, 5) is 11.4. The van der Waals surface area contributed by atoms with Crippen molar-refractivity contribution >= 4 is 11.9 Å². The number of methoxy groups -OCH3 is 1. The van der Waals surface area contributed by atoms with Gasteiger partial charge in [0.25, 0.3) is 0 Å². The number of ether oxygens (including phenoxy) is 1. The second kappa shape index (κ2) is 6.84. The summed E-state index contributed by atoms with van der Waals surface area (Å²) in [6.07, 6.45) is 3.15. The Hall–Kier alpha value is -1.64. The lowest BCUT2D eigenvalue weighted by molar-refractivity contribution is -0.116. The van der Waals surface area contributed by atoms with Crippen LogP contribution >= 0.6 is 0 Å². The number of allylic oxidation sites excluding steroid dienone is 1. The SMILES string of the molecule is CCCCC(=O)/C(F)=C/c1ccc(OC)cc1. The van der Waals surface area contributed by atoms with Gasteiger partial charge in [-0.05, 0) is 30.2 Å². The van der Waals surface area contributed by atoms with Crippen LogP contribution in [0.3, 0.4) is 0 Å². The zero-order valence-electron chi connectivity index (χ0n) is 10.2. The minimum absolute atomic E-state index is 0.273. The zero-order valence-corrected chi connectivity index (χ0v) is 10.2. The van der Waals surface area contributed by atoms with E-state index in [0.717, 1.165) is 12.8 Å². The van der Waals surface area contributed by atoms with E-state index >= 15 is 0 Å². The predicted molar refractivity (Wildman–Crippen MR) is 66.6 cm³/mol. The lowest BCUT2D eigenvalue weighted by Crippen LogP contribution is -1.97. The van der Waals surface area contributed by atoms with Crippen molar-refractivity contribution in [1.82, 2.24) is 0 Å². The highest BCUT2D eigenvalue weighted by Crippen LogP contribution is 2.15. The number of carbonyl (C=O) groups is 1. The monoisotopic (exact) mass is 236 g/mol. The first-order chi connectivity index (χ1) is 8.17. The third kappa shape index (κ3) is 4.39. The fourth-order valence-electron chi connectivity index (χ4n) is 1.38. The van der Waals surface area contributed by atoms with E-state index in [-0.39, 0.29) is 6.42 Å². The molecule has 0 aliphatic carbocycles. The van der Waals surface area contributed by atoms with Crippen LogP contribution in [-0.4, -0.2) is 12.9 Å². The van der Waals surface area contributed by atoms with Gasteiger partial charge in [0.1, 0.15) is 5.75 Å². The molecule has 0 saturated carbocycles.